The van der Waals surface area contributed by atoms with E-state index in [9.17, 15) is 4.79 Å². The zero-order chi connectivity index (χ0) is 16.3. The second-order valence-corrected chi connectivity index (χ2v) is 7.09. The van der Waals surface area contributed by atoms with Crippen LogP contribution in [0.2, 0.25) is 0 Å². The van der Waals surface area contributed by atoms with E-state index in [4.69, 9.17) is 9.57 Å². The summed E-state index contributed by atoms with van der Waals surface area (Å²) in [4.78, 5) is 17.2. The van der Waals surface area contributed by atoms with E-state index < -0.39 is 5.60 Å². The van der Waals surface area contributed by atoms with E-state index in [2.05, 4.69) is 31.7 Å². The number of rotatable bonds is 6. The van der Waals surface area contributed by atoms with Gasteiger partial charge in [-0.2, -0.15) is 0 Å². The zero-order valence-electron chi connectivity index (χ0n) is 14.0. The lowest BCUT2D eigenvalue weighted by Crippen LogP contribution is -2.26. The summed E-state index contributed by atoms with van der Waals surface area (Å²) in [5.41, 5.74) is 0.460. The highest BCUT2D eigenvalue weighted by Crippen LogP contribution is 2.60. The summed E-state index contributed by atoms with van der Waals surface area (Å²) in [6.45, 7) is 15.7. The molecule has 118 valence electrons. The number of hydrogen-bond acceptors (Lipinski definition) is 4. The van der Waals surface area contributed by atoms with Gasteiger partial charge >= 0.3 is 5.97 Å². The Kier molecular flexibility index (Phi) is 5.37. The van der Waals surface area contributed by atoms with Crippen molar-refractivity contribution in [3.8, 4) is 0 Å². The van der Waals surface area contributed by atoms with Crippen molar-refractivity contribution in [2.45, 2.75) is 47.1 Å². The van der Waals surface area contributed by atoms with Gasteiger partial charge in [0.2, 0.25) is 0 Å². The van der Waals surface area contributed by atoms with Gasteiger partial charge in [0.25, 0.3) is 0 Å². The number of ether oxygens (including phenoxy) is 1. The molecule has 4 nitrogen and oxygen atoms in total. The smallest absolute Gasteiger partial charge is 0.310 e. The largest absolute Gasteiger partial charge is 0.460 e. The van der Waals surface area contributed by atoms with Crippen molar-refractivity contribution in [3.05, 3.63) is 24.3 Å². The first-order chi connectivity index (χ1) is 9.59. The predicted octanol–water partition coefficient (Wildman–Crippen LogP) is 3.74. The molecule has 1 aliphatic carbocycles. The molecule has 2 atom stereocenters. The third-order valence-electron chi connectivity index (χ3n) is 3.54. The van der Waals surface area contributed by atoms with E-state index >= 15 is 0 Å². The van der Waals surface area contributed by atoms with Crippen LogP contribution in [0.5, 0.6) is 0 Å². The number of hydrogen-bond donors (Lipinski definition) is 0. The zero-order valence-corrected chi connectivity index (χ0v) is 14.0. The van der Waals surface area contributed by atoms with Gasteiger partial charge in [-0.05, 0) is 44.6 Å². The molecule has 0 radical (unpaired) electrons. The van der Waals surface area contributed by atoms with Crippen LogP contribution in [0.3, 0.4) is 0 Å². The molecule has 0 N–H and O–H groups in total. The van der Waals surface area contributed by atoms with Crippen LogP contribution in [0.25, 0.3) is 0 Å². The van der Waals surface area contributed by atoms with Crippen molar-refractivity contribution < 1.29 is 14.4 Å². The number of nitrogens with zero attached hydrogens (tertiary/aromatic N) is 1. The quantitative estimate of drug-likeness (QED) is 0.246. The second kappa shape index (κ2) is 6.46. The van der Waals surface area contributed by atoms with Crippen LogP contribution in [0.1, 0.15) is 41.5 Å². The Morgan fingerprint density at radius 3 is 2.52 bits per heavy atom. The molecule has 0 aromatic carbocycles. The molecule has 0 aliphatic heterocycles. The summed E-state index contributed by atoms with van der Waals surface area (Å²) in [5.74, 6) is -0.0335. The lowest BCUT2D eigenvalue weighted by molar-refractivity contribution is -0.157. The summed E-state index contributed by atoms with van der Waals surface area (Å²) in [5, 5.41) is 3.84. The number of carbonyl (C=O) groups is 1. The topological polar surface area (TPSA) is 47.9 Å². The summed E-state index contributed by atoms with van der Waals surface area (Å²) >= 11 is 0. The SMILES string of the molecule is C=CCON=C/C(C)=C/[C@@H]1[C@@H](C(=O)OC(C)(C)C)C1(C)C. The highest BCUT2D eigenvalue weighted by molar-refractivity contribution is 5.81. The van der Waals surface area contributed by atoms with Crippen LogP contribution in [-0.2, 0) is 14.4 Å². The minimum absolute atomic E-state index is 0.0700. The predicted molar refractivity (Wildman–Crippen MR) is 85.0 cm³/mol. The van der Waals surface area contributed by atoms with Crippen molar-refractivity contribution in [1.82, 2.24) is 0 Å². The van der Waals surface area contributed by atoms with E-state index in [1.54, 1.807) is 12.3 Å². The van der Waals surface area contributed by atoms with Crippen molar-refractivity contribution in [2.24, 2.45) is 22.4 Å². The van der Waals surface area contributed by atoms with Gasteiger partial charge in [0.05, 0.1) is 12.1 Å². The van der Waals surface area contributed by atoms with Crippen molar-refractivity contribution in [1.29, 1.82) is 0 Å². The Hall–Kier alpha value is -1.58. The van der Waals surface area contributed by atoms with Gasteiger partial charge < -0.3 is 9.57 Å². The normalized spacial score (nSPS) is 24.8. The van der Waals surface area contributed by atoms with Crippen LogP contribution < -0.4 is 0 Å². The Morgan fingerprint density at radius 1 is 1.38 bits per heavy atom. The molecule has 21 heavy (non-hydrogen) atoms. The van der Waals surface area contributed by atoms with Crippen molar-refractivity contribution in [2.75, 3.05) is 6.61 Å². The molecule has 0 aromatic rings. The minimum atomic E-state index is -0.445. The molecule has 0 bridgehead atoms. The summed E-state index contributed by atoms with van der Waals surface area (Å²) in [6.07, 6.45) is 5.36. The van der Waals surface area contributed by atoms with Crippen molar-refractivity contribution in [3.63, 3.8) is 0 Å². The molecule has 1 fully saturated rings. The van der Waals surface area contributed by atoms with E-state index in [1.807, 2.05) is 27.7 Å². The molecule has 0 aromatic heterocycles. The Bertz CT molecular complexity index is 455. The van der Waals surface area contributed by atoms with Crippen LogP contribution in [0, 0.1) is 17.3 Å². The molecule has 0 amide bonds. The molecule has 1 rings (SSSR count). The Labute approximate surface area is 127 Å². The number of oxime groups is 1. The second-order valence-electron chi connectivity index (χ2n) is 7.09. The van der Waals surface area contributed by atoms with Crippen LogP contribution >= 0.6 is 0 Å². The van der Waals surface area contributed by atoms with E-state index in [0.717, 1.165) is 5.57 Å². The number of carbonyl (C=O) groups excluding carboxylic acids is 1. The molecular weight excluding hydrogens is 266 g/mol. The van der Waals surface area contributed by atoms with E-state index in [1.165, 1.54) is 0 Å². The Balaban J connectivity index is 2.65. The van der Waals surface area contributed by atoms with Crippen LogP contribution in [0.15, 0.2) is 29.5 Å². The van der Waals surface area contributed by atoms with E-state index in [0.29, 0.717) is 6.61 Å². The first-order valence-electron chi connectivity index (χ1n) is 7.27. The van der Waals surface area contributed by atoms with Gasteiger partial charge in [0.1, 0.15) is 12.2 Å². The fraction of sp³-hybridized carbons (Fsp3) is 0.647. The van der Waals surface area contributed by atoms with Gasteiger partial charge in [0, 0.05) is 0 Å². The maximum atomic E-state index is 12.2. The average Bonchev–Trinajstić information content (AvgIpc) is 2.84. The first kappa shape index (κ1) is 17.5. The maximum Gasteiger partial charge on any atom is 0.310 e. The summed E-state index contributed by atoms with van der Waals surface area (Å²) in [6, 6.07) is 0. The highest BCUT2D eigenvalue weighted by Gasteiger charge is 2.61. The Morgan fingerprint density at radius 2 is 2.00 bits per heavy atom. The van der Waals surface area contributed by atoms with Gasteiger partial charge in [-0.15, -0.1) is 0 Å². The van der Waals surface area contributed by atoms with Gasteiger partial charge in [-0.3, -0.25) is 4.79 Å². The molecule has 0 saturated heterocycles. The average molecular weight is 293 g/mol. The van der Waals surface area contributed by atoms with Gasteiger partial charge in [0.15, 0.2) is 0 Å². The molecule has 1 aliphatic rings. The third-order valence-corrected chi connectivity index (χ3v) is 3.54. The first-order valence-corrected chi connectivity index (χ1v) is 7.27. The molecule has 4 heteroatoms. The summed E-state index contributed by atoms with van der Waals surface area (Å²) < 4.78 is 5.48. The van der Waals surface area contributed by atoms with Crippen molar-refractivity contribution >= 4 is 12.2 Å². The fourth-order valence-electron chi connectivity index (χ4n) is 2.35. The molecule has 0 unspecified atom stereocenters. The van der Waals surface area contributed by atoms with Gasteiger partial charge in [-0.1, -0.05) is 37.7 Å². The van der Waals surface area contributed by atoms with Gasteiger partial charge in [-0.25, -0.2) is 0 Å². The molecule has 1 saturated carbocycles. The number of esters is 1. The lowest BCUT2D eigenvalue weighted by Gasteiger charge is -2.19. The third kappa shape index (κ3) is 5.03. The maximum absolute atomic E-state index is 12.2. The number of allylic oxidation sites excluding steroid dienone is 2. The highest BCUT2D eigenvalue weighted by atomic mass is 16.6. The lowest BCUT2D eigenvalue weighted by atomic mass is 10.1. The van der Waals surface area contributed by atoms with Crippen LogP contribution in [-0.4, -0.2) is 24.4 Å². The molecule has 0 heterocycles. The van der Waals surface area contributed by atoms with Crippen LogP contribution in [0.4, 0.5) is 0 Å². The monoisotopic (exact) mass is 293 g/mol. The fourth-order valence-corrected chi connectivity index (χ4v) is 2.35. The standard InChI is InChI=1S/C17H27NO3/c1-8-9-20-18-11-12(2)10-13-14(17(13,6)7)15(19)21-16(3,4)5/h8,10-11,13-14H,1,9H2,2-7H3/b12-10+,18-11?/t13-,14+/m1/s1. The minimum Gasteiger partial charge on any atom is -0.460 e. The summed E-state index contributed by atoms with van der Waals surface area (Å²) in [7, 11) is 0. The van der Waals surface area contributed by atoms with E-state index in [-0.39, 0.29) is 23.2 Å². The molecular formula is C17H27NO3. The molecule has 0 spiro atoms.